The first-order valence-electron chi connectivity index (χ1n) is 10.2. The molecule has 1 aliphatic heterocycles. The Morgan fingerprint density at radius 2 is 1.45 bits per heavy atom. The summed E-state index contributed by atoms with van der Waals surface area (Å²) in [5.74, 6) is -0.780. The minimum absolute atomic E-state index is 0.0536. The van der Waals surface area contributed by atoms with Crippen LogP contribution in [0, 0.1) is 5.82 Å². The fourth-order valence-electron chi connectivity index (χ4n) is 3.84. The Labute approximate surface area is 171 Å². The number of hydrogen-bond acceptors (Lipinski definition) is 3. The van der Waals surface area contributed by atoms with Crippen LogP contribution in [0.2, 0.25) is 0 Å². The van der Waals surface area contributed by atoms with Crippen molar-refractivity contribution < 1.29 is 14.0 Å². The van der Waals surface area contributed by atoms with Gasteiger partial charge < -0.3 is 9.80 Å². The normalized spacial score (nSPS) is 15.4. The zero-order valence-corrected chi connectivity index (χ0v) is 17.1. The molecule has 1 aliphatic rings. The van der Waals surface area contributed by atoms with E-state index < -0.39 is 5.82 Å². The van der Waals surface area contributed by atoms with E-state index in [4.69, 9.17) is 0 Å². The molecule has 0 aliphatic carbocycles. The molecule has 1 heterocycles. The van der Waals surface area contributed by atoms with E-state index in [-0.39, 0.29) is 23.4 Å². The zero-order valence-electron chi connectivity index (χ0n) is 17.1. The van der Waals surface area contributed by atoms with Crippen molar-refractivity contribution in [2.24, 2.45) is 0 Å². The largest absolute Gasteiger partial charge is 0.337 e. The number of carbonyl (C=O) groups is 2. The van der Waals surface area contributed by atoms with Gasteiger partial charge in [-0.3, -0.25) is 14.5 Å². The number of rotatable bonds is 6. The highest BCUT2D eigenvalue weighted by atomic mass is 19.1. The van der Waals surface area contributed by atoms with Crippen LogP contribution < -0.4 is 0 Å². The van der Waals surface area contributed by atoms with E-state index in [0.717, 1.165) is 18.7 Å². The molecule has 1 saturated heterocycles. The first-order chi connectivity index (χ1) is 14.1. The Balaban J connectivity index is 1.71. The lowest BCUT2D eigenvalue weighted by molar-refractivity contribution is -0.138. The van der Waals surface area contributed by atoms with E-state index in [0.29, 0.717) is 26.2 Å². The van der Waals surface area contributed by atoms with Crippen LogP contribution in [0.3, 0.4) is 0 Å². The van der Waals surface area contributed by atoms with Gasteiger partial charge in [-0.25, -0.2) is 4.39 Å². The van der Waals surface area contributed by atoms with E-state index in [1.165, 1.54) is 12.1 Å². The summed E-state index contributed by atoms with van der Waals surface area (Å²) >= 11 is 0. The molecule has 5 nitrogen and oxygen atoms in total. The van der Waals surface area contributed by atoms with Crippen LogP contribution in [-0.2, 0) is 4.79 Å². The molecule has 3 rings (SSSR count). The van der Waals surface area contributed by atoms with Gasteiger partial charge in [-0.1, -0.05) is 56.3 Å². The fraction of sp³-hybridized carbons (Fsp3) is 0.391. The van der Waals surface area contributed by atoms with Crippen molar-refractivity contribution in [2.45, 2.75) is 19.9 Å². The highest BCUT2D eigenvalue weighted by molar-refractivity contribution is 5.94. The van der Waals surface area contributed by atoms with Gasteiger partial charge >= 0.3 is 0 Å². The smallest absolute Gasteiger partial charge is 0.256 e. The van der Waals surface area contributed by atoms with E-state index in [1.807, 2.05) is 35.2 Å². The third kappa shape index (κ3) is 4.65. The van der Waals surface area contributed by atoms with E-state index >= 15 is 0 Å². The number of amides is 2. The predicted octanol–water partition coefficient (Wildman–Crippen LogP) is 3.19. The number of halogens is 1. The van der Waals surface area contributed by atoms with E-state index in [1.54, 1.807) is 17.0 Å². The molecule has 154 valence electrons. The minimum atomic E-state index is -0.512. The van der Waals surface area contributed by atoms with Crippen LogP contribution in [0.4, 0.5) is 4.39 Å². The van der Waals surface area contributed by atoms with Crippen LogP contribution in [0.5, 0.6) is 0 Å². The second-order valence-corrected chi connectivity index (χ2v) is 7.13. The molecule has 0 N–H and O–H groups in total. The number of hydrogen-bond donors (Lipinski definition) is 0. The molecule has 2 aromatic carbocycles. The van der Waals surface area contributed by atoms with Crippen LogP contribution >= 0.6 is 0 Å². The molecule has 1 atom stereocenters. The predicted molar refractivity (Wildman–Crippen MR) is 111 cm³/mol. The van der Waals surface area contributed by atoms with Gasteiger partial charge in [0.25, 0.3) is 5.91 Å². The molecule has 2 aromatic rings. The second-order valence-electron chi connectivity index (χ2n) is 7.13. The van der Waals surface area contributed by atoms with Gasteiger partial charge in [-0.2, -0.15) is 0 Å². The van der Waals surface area contributed by atoms with Crippen molar-refractivity contribution in [1.29, 1.82) is 0 Å². The SMILES string of the molecule is CCN(CC)C(C(=O)N1CCN(C(=O)c2ccccc2F)CC1)c1ccccc1. The monoisotopic (exact) mass is 397 g/mol. The molecule has 0 spiro atoms. The summed E-state index contributed by atoms with van der Waals surface area (Å²) in [6.07, 6.45) is 0. The minimum Gasteiger partial charge on any atom is -0.337 e. The maximum Gasteiger partial charge on any atom is 0.256 e. The Kier molecular flexibility index (Phi) is 6.99. The third-order valence-corrected chi connectivity index (χ3v) is 5.51. The van der Waals surface area contributed by atoms with Gasteiger partial charge in [0, 0.05) is 26.2 Å². The average Bonchev–Trinajstić information content (AvgIpc) is 2.77. The first kappa shape index (κ1) is 21.0. The lowest BCUT2D eigenvalue weighted by Crippen LogP contribution is -2.53. The number of carbonyl (C=O) groups excluding carboxylic acids is 2. The Bertz CT molecular complexity index is 831. The van der Waals surface area contributed by atoms with Crippen LogP contribution in [0.25, 0.3) is 0 Å². The second kappa shape index (κ2) is 9.65. The van der Waals surface area contributed by atoms with Gasteiger partial charge in [0.15, 0.2) is 0 Å². The lowest BCUT2D eigenvalue weighted by Gasteiger charge is -2.39. The van der Waals surface area contributed by atoms with Crippen LogP contribution in [-0.4, -0.2) is 65.8 Å². The standard InChI is InChI=1S/C23H28FN3O2/c1-3-25(4-2)21(18-10-6-5-7-11-18)23(29)27-16-14-26(15-17-27)22(28)19-12-8-9-13-20(19)24/h5-13,21H,3-4,14-17H2,1-2H3. The van der Waals surface area contributed by atoms with E-state index in [9.17, 15) is 14.0 Å². The Hall–Kier alpha value is -2.73. The molecule has 6 heteroatoms. The van der Waals surface area contributed by atoms with Crippen molar-refractivity contribution in [3.63, 3.8) is 0 Å². The van der Waals surface area contributed by atoms with Gasteiger partial charge in [0.05, 0.1) is 5.56 Å². The summed E-state index contributed by atoms with van der Waals surface area (Å²) in [7, 11) is 0. The van der Waals surface area contributed by atoms with Crippen molar-refractivity contribution in [2.75, 3.05) is 39.3 Å². The molecular formula is C23H28FN3O2. The van der Waals surface area contributed by atoms with Gasteiger partial charge in [-0.05, 0) is 30.8 Å². The highest BCUT2D eigenvalue weighted by Gasteiger charge is 2.33. The van der Waals surface area contributed by atoms with Crippen LogP contribution in [0.1, 0.15) is 35.8 Å². The van der Waals surface area contributed by atoms with Crippen molar-refractivity contribution >= 4 is 11.8 Å². The number of likely N-dealkylation sites (N-methyl/N-ethyl adjacent to an activating group) is 1. The molecule has 0 saturated carbocycles. The van der Waals surface area contributed by atoms with Gasteiger partial charge in [0.1, 0.15) is 11.9 Å². The topological polar surface area (TPSA) is 43.9 Å². The zero-order chi connectivity index (χ0) is 20.8. The molecule has 0 radical (unpaired) electrons. The molecule has 1 unspecified atom stereocenters. The first-order valence-corrected chi connectivity index (χ1v) is 10.2. The lowest BCUT2D eigenvalue weighted by atomic mass is 10.0. The summed E-state index contributed by atoms with van der Waals surface area (Å²) in [6, 6.07) is 15.5. The summed E-state index contributed by atoms with van der Waals surface area (Å²) in [5.41, 5.74) is 1.06. The third-order valence-electron chi connectivity index (χ3n) is 5.51. The van der Waals surface area contributed by atoms with Gasteiger partial charge in [-0.15, -0.1) is 0 Å². The van der Waals surface area contributed by atoms with Crippen molar-refractivity contribution in [3.05, 3.63) is 71.5 Å². The number of benzene rings is 2. The highest BCUT2D eigenvalue weighted by Crippen LogP contribution is 2.24. The van der Waals surface area contributed by atoms with Crippen molar-refractivity contribution in [3.8, 4) is 0 Å². The van der Waals surface area contributed by atoms with Crippen LogP contribution in [0.15, 0.2) is 54.6 Å². The summed E-state index contributed by atoms with van der Waals surface area (Å²) in [6.45, 7) is 7.35. The molecule has 2 amide bonds. The summed E-state index contributed by atoms with van der Waals surface area (Å²) in [5, 5.41) is 0. The fourth-order valence-corrected chi connectivity index (χ4v) is 3.84. The van der Waals surface area contributed by atoms with Gasteiger partial charge in [0.2, 0.25) is 5.91 Å². The molecule has 29 heavy (non-hydrogen) atoms. The quantitative estimate of drug-likeness (QED) is 0.752. The molecule has 1 fully saturated rings. The maximum absolute atomic E-state index is 13.9. The Morgan fingerprint density at radius 1 is 0.897 bits per heavy atom. The average molecular weight is 397 g/mol. The maximum atomic E-state index is 13.9. The molecular weight excluding hydrogens is 369 g/mol. The number of piperazine rings is 1. The number of nitrogens with zero attached hydrogens (tertiary/aromatic N) is 3. The van der Waals surface area contributed by atoms with E-state index in [2.05, 4.69) is 18.7 Å². The summed E-state index contributed by atoms with van der Waals surface area (Å²) < 4.78 is 13.9. The molecule has 0 aromatic heterocycles. The molecule has 0 bridgehead atoms. The Morgan fingerprint density at radius 3 is 2.03 bits per heavy atom. The summed E-state index contributed by atoms with van der Waals surface area (Å²) in [4.78, 5) is 31.6. The van der Waals surface area contributed by atoms with Crippen molar-refractivity contribution in [1.82, 2.24) is 14.7 Å².